The van der Waals surface area contributed by atoms with Gasteiger partial charge >= 0.3 is 5.97 Å². The highest BCUT2D eigenvalue weighted by atomic mass is 16.6. The summed E-state index contributed by atoms with van der Waals surface area (Å²) < 4.78 is 5.92. The first-order valence-corrected chi connectivity index (χ1v) is 10.4. The monoisotopic (exact) mass is 395 g/mol. The second-order valence-corrected chi connectivity index (χ2v) is 8.30. The molecule has 2 aliphatic rings. The SMILES string of the molecule is O=C1O[C@]2(CC[C@H](c3cc(-c4ncc[nH]4)cc4ccccc43)CC2)c2cnccc21. The minimum absolute atomic E-state index is 0.212. The van der Waals surface area contributed by atoms with Crippen molar-refractivity contribution in [2.24, 2.45) is 0 Å². The lowest BCUT2D eigenvalue weighted by molar-refractivity contribution is -0.0309. The van der Waals surface area contributed by atoms with Crippen LogP contribution in [0, 0.1) is 0 Å². The Morgan fingerprint density at radius 2 is 1.93 bits per heavy atom. The molecule has 0 bridgehead atoms. The fourth-order valence-corrected chi connectivity index (χ4v) is 5.23. The number of hydrogen-bond acceptors (Lipinski definition) is 4. The Labute approximate surface area is 174 Å². The van der Waals surface area contributed by atoms with Crippen LogP contribution in [-0.2, 0) is 10.3 Å². The Morgan fingerprint density at radius 3 is 2.77 bits per heavy atom. The number of carbonyl (C=O) groups excluding carboxylic acids is 1. The minimum atomic E-state index is -0.508. The van der Waals surface area contributed by atoms with E-state index in [1.54, 1.807) is 18.5 Å². The standard InChI is InChI=1S/C25H21N3O2/c29-24-20-7-10-26-15-22(20)25(30-24)8-5-16(6-9-25)21-14-18(23-27-11-12-28-23)13-17-3-1-2-4-19(17)21/h1-4,7,10-16H,5-6,8-9H2,(H,27,28)/t16-,25-. The van der Waals surface area contributed by atoms with E-state index >= 15 is 0 Å². The highest BCUT2D eigenvalue weighted by Crippen LogP contribution is 2.50. The summed E-state index contributed by atoms with van der Waals surface area (Å²) in [6.45, 7) is 0. The number of aromatic amines is 1. The molecule has 0 unspecified atom stereocenters. The molecule has 1 aliphatic carbocycles. The van der Waals surface area contributed by atoms with Crippen molar-refractivity contribution in [1.29, 1.82) is 0 Å². The van der Waals surface area contributed by atoms with Gasteiger partial charge in [0, 0.05) is 35.9 Å². The van der Waals surface area contributed by atoms with Crippen LogP contribution in [0.2, 0.25) is 0 Å². The molecule has 1 aliphatic heterocycles. The summed E-state index contributed by atoms with van der Waals surface area (Å²) in [5.74, 6) is 1.09. The molecular formula is C25H21N3O2. The third-order valence-corrected chi connectivity index (χ3v) is 6.72. The number of imidazole rings is 1. The Morgan fingerprint density at radius 1 is 1.07 bits per heavy atom. The van der Waals surface area contributed by atoms with E-state index in [-0.39, 0.29) is 5.97 Å². The summed E-state index contributed by atoms with van der Waals surface area (Å²) >= 11 is 0. The predicted molar refractivity (Wildman–Crippen MR) is 114 cm³/mol. The van der Waals surface area contributed by atoms with Crippen LogP contribution >= 0.6 is 0 Å². The lowest BCUT2D eigenvalue weighted by Gasteiger charge is -2.37. The summed E-state index contributed by atoms with van der Waals surface area (Å²) in [6, 6.07) is 14.8. The fraction of sp³-hybridized carbons (Fsp3) is 0.240. The zero-order valence-electron chi connectivity index (χ0n) is 16.5. The van der Waals surface area contributed by atoms with Gasteiger partial charge in [0.15, 0.2) is 0 Å². The van der Waals surface area contributed by atoms with E-state index < -0.39 is 5.60 Å². The van der Waals surface area contributed by atoms with Gasteiger partial charge in [0.05, 0.1) is 5.56 Å². The second-order valence-electron chi connectivity index (χ2n) is 8.30. The Bertz CT molecular complexity index is 1250. The number of benzene rings is 2. The molecule has 6 rings (SSSR count). The normalized spacial score (nSPS) is 22.9. The number of fused-ring (bicyclic) bond motifs is 3. The van der Waals surface area contributed by atoms with Crippen molar-refractivity contribution in [3.8, 4) is 11.4 Å². The number of carbonyl (C=O) groups is 1. The molecule has 0 saturated heterocycles. The van der Waals surface area contributed by atoms with Gasteiger partial charge in [-0.3, -0.25) is 4.98 Å². The molecule has 5 heteroatoms. The first-order chi connectivity index (χ1) is 14.7. The largest absolute Gasteiger partial charge is 0.450 e. The second kappa shape index (κ2) is 6.52. The predicted octanol–water partition coefficient (Wildman–Crippen LogP) is 5.35. The lowest BCUT2D eigenvalue weighted by atomic mass is 9.72. The van der Waals surface area contributed by atoms with E-state index in [9.17, 15) is 4.79 Å². The number of nitrogens with one attached hydrogen (secondary N) is 1. The highest BCUT2D eigenvalue weighted by Gasteiger charge is 2.48. The molecule has 1 N–H and O–H groups in total. The fourth-order valence-electron chi connectivity index (χ4n) is 5.23. The van der Waals surface area contributed by atoms with Crippen LogP contribution in [0.3, 0.4) is 0 Å². The molecule has 0 radical (unpaired) electrons. The van der Waals surface area contributed by atoms with E-state index in [1.807, 2.05) is 12.4 Å². The number of H-pyrrole nitrogens is 1. The van der Waals surface area contributed by atoms with Gasteiger partial charge in [0.2, 0.25) is 0 Å². The van der Waals surface area contributed by atoms with Crippen LogP contribution in [0.4, 0.5) is 0 Å². The third-order valence-electron chi connectivity index (χ3n) is 6.72. The summed E-state index contributed by atoms with van der Waals surface area (Å²) in [5.41, 5.74) is 3.59. The first-order valence-electron chi connectivity index (χ1n) is 10.4. The molecule has 2 aromatic carbocycles. The van der Waals surface area contributed by atoms with E-state index in [2.05, 4.69) is 51.4 Å². The van der Waals surface area contributed by atoms with Gasteiger partial charge in [-0.2, -0.15) is 0 Å². The molecular weight excluding hydrogens is 374 g/mol. The summed E-state index contributed by atoms with van der Waals surface area (Å²) in [7, 11) is 0. The third kappa shape index (κ3) is 2.58. The maximum absolute atomic E-state index is 12.4. The smallest absolute Gasteiger partial charge is 0.339 e. The number of esters is 1. The van der Waals surface area contributed by atoms with Crippen molar-refractivity contribution >= 4 is 16.7 Å². The summed E-state index contributed by atoms with van der Waals surface area (Å²) in [6.07, 6.45) is 10.7. The van der Waals surface area contributed by atoms with Crippen LogP contribution in [-0.4, -0.2) is 20.9 Å². The number of rotatable bonds is 2. The highest BCUT2D eigenvalue weighted by molar-refractivity contribution is 5.94. The molecule has 5 nitrogen and oxygen atoms in total. The molecule has 1 spiro atoms. The molecule has 148 valence electrons. The topological polar surface area (TPSA) is 67.9 Å². The van der Waals surface area contributed by atoms with E-state index in [0.29, 0.717) is 11.5 Å². The minimum Gasteiger partial charge on any atom is -0.450 e. The van der Waals surface area contributed by atoms with Crippen LogP contribution in [0.1, 0.15) is 53.1 Å². The van der Waals surface area contributed by atoms with Crippen LogP contribution in [0.15, 0.2) is 67.3 Å². The van der Waals surface area contributed by atoms with Gasteiger partial charge in [0.1, 0.15) is 11.4 Å². The van der Waals surface area contributed by atoms with Gasteiger partial charge in [-0.25, -0.2) is 9.78 Å². The lowest BCUT2D eigenvalue weighted by Crippen LogP contribution is -2.31. The van der Waals surface area contributed by atoms with Crippen LogP contribution in [0.5, 0.6) is 0 Å². The number of ether oxygens (including phenoxy) is 1. The van der Waals surface area contributed by atoms with Crippen LogP contribution < -0.4 is 0 Å². The molecule has 3 heterocycles. The average molecular weight is 395 g/mol. The Hall–Kier alpha value is -3.47. The van der Waals surface area contributed by atoms with Gasteiger partial charge in [-0.1, -0.05) is 24.3 Å². The molecule has 4 aromatic rings. The molecule has 0 atom stereocenters. The maximum Gasteiger partial charge on any atom is 0.339 e. The quantitative estimate of drug-likeness (QED) is 0.465. The maximum atomic E-state index is 12.4. The van der Waals surface area contributed by atoms with Crippen LogP contribution in [0.25, 0.3) is 22.2 Å². The van der Waals surface area contributed by atoms with Crippen molar-refractivity contribution in [2.45, 2.75) is 37.2 Å². The van der Waals surface area contributed by atoms with Crippen molar-refractivity contribution in [2.75, 3.05) is 0 Å². The van der Waals surface area contributed by atoms with Gasteiger partial charge in [-0.15, -0.1) is 0 Å². The Balaban J connectivity index is 1.37. The number of aromatic nitrogens is 3. The van der Waals surface area contributed by atoms with Gasteiger partial charge in [-0.05, 0) is 66.1 Å². The molecule has 1 fully saturated rings. The van der Waals surface area contributed by atoms with Gasteiger partial charge in [0.25, 0.3) is 0 Å². The summed E-state index contributed by atoms with van der Waals surface area (Å²) in [4.78, 5) is 24.3. The zero-order valence-corrected chi connectivity index (χ0v) is 16.5. The van der Waals surface area contributed by atoms with E-state index in [0.717, 1.165) is 42.6 Å². The van der Waals surface area contributed by atoms with Crippen molar-refractivity contribution < 1.29 is 9.53 Å². The van der Waals surface area contributed by atoms with Crippen molar-refractivity contribution in [3.63, 3.8) is 0 Å². The zero-order chi connectivity index (χ0) is 20.1. The molecule has 2 aromatic heterocycles. The Kier molecular flexibility index (Phi) is 3.78. The summed E-state index contributed by atoms with van der Waals surface area (Å²) in [5, 5.41) is 2.52. The number of nitrogens with zero attached hydrogens (tertiary/aromatic N) is 2. The van der Waals surface area contributed by atoms with Crippen molar-refractivity contribution in [3.05, 3.63) is 83.9 Å². The molecule has 0 amide bonds. The number of hydrogen-bond donors (Lipinski definition) is 1. The van der Waals surface area contributed by atoms with Gasteiger partial charge < -0.3 is 9.72 Å². The molecule has 30 heavy (non-hydrogen) atoms. The number of pyridine rings is 1. The van der Waals surface area contributed by atoms with E-state index in [1.165, 1.54) is 16.3 Å². The average Bonchev–Trinajstić information content (AvgIpc) is 3.42. The first kappa shape index (κ1) is 17.4. The van der Waals surface area contributed by atoms with E-state index in [4.69, 9.17) is 4.74 Å². The molecule has 1 saturated carbocycles. The van der Waals surface area contributed by atoms with Crippen molar-refractivity contribution in [1.82, 2.24) is 15.0 Å².